The van der Waals surface area contributed by atoms with Crippen molar-refractivity contribution in [1.82, 2.24) is 0 Å². The van der Waals surface area contributed by atoms with Crippen molar-refractivity contribution in [2.75, 3.05) is 5.32 Å². The third kappa shape index (κ3) is 3.07. The van der Waals surface area contributed by atoms with E-state index in [0.717, 1.165) is 16.8 Å². The van der Waals surface area contributed by atoms with Gasteiger partial charge in [0, 0.05) is 23.3 Å². The van der Waals surface area contributed by atoms with Crippen LogP contribution in [0.3, 0.4) is 0 Å². The molecule has 0 amide bonds. The van der Waals surface area contributed by atoms with E-state index in [-0.39, 0.29) is 17.6 Å². The van der Waals surface area contributed by atoms with Crippen molar-refractivity contribution < 1.29 is 19.5 Å². The molecule has 26 heavy (non-hydrogen) atoms. The van der Waals surface area contributed by atoms with Gasteiger partial charge in [0.15, 0.2) is 11.9 Å². The monoisotopic (exact) mass is 347 g/mol. The van der Waals surface area contributed by atoms with E-state index in [1.165, 1.54) is 12.1 Å². The number of aromatic amines is 2. The van der Waals surface area contributed by atoms with Crippen molar-refractivity contribution in [2.45, 2.75) is 6.04 Å². The van der Waals surface area contributed by atoms with Crippen molar-refractivity contribution in [3.8, 4) is 5.75 Å². The third-order valence-electron chi connectivity index (χ3n) is 4.36. The van der Waals surface area contributed by atoms with Gasteiger partial charge >= 0.3 is 0 Å². The predicted molar refractivity (Wildman–Crippen MR) is 97.0 cm³/mol. The number of anilines is 1. The molecule has 2 aromatic heterocycles. The maximum absolute atomic E-state index is 13.4. The second kappa shape index (κ2) is 6.80. The summed E-state index contributed by atoms with van der Waals surface area (Å²) in [6, 6.07) is 19.3. The predicted octanol–water partition coefficient (Wildman–Crippen LogP) is 3.51. The molecule has 0 aliphatic carbocycles. The Labute approximate surface area is 150 Å². The van der Waals surface area contributed by atoms with Gasteiger partial charge in [0.05, 0.1) is 11.6 Å². The Kier molecular flexibility index (Phi) is 4.19. The van der Waals surface area contributed by atoms with Crippen LogP contribution in [0.5, 0.6) is 5.75 Å². The Morgan fingerprint density at radius 2 is 1.65 bits per heavy atom. The second-order valence-electron chi connectivity index (χ2n) is 6.04. The molecule has 0 fully saturated rings. The van der Waals surface area contributed by atoms with Gasteiger partial charge in [-0.1, -0.05) is 18.2 Å². The molecule has 1 atom stereocenters. The average molecular weight is 347 g/mol. The molecular weight excluding hydrogens is 329 g/mol. The Morgan fingerprint density at radius 1 is 0.846 bits per heavy atom. The number of halogens is 1. The summed E-state index contributed by atoms with van der Waals surface area (Å²) in [6.07, 6.45) is 3.59. The van der Waals surface area contributed by atoms with Crippen molar-refractivity contribution in [3.63, 3.8) is 0 Å². The Morgan fingerprint density at radius 3 is 2.42 bits per heavy atom. The minimum atomic E-state index is -0.354. The molecule has 4 N–H and O–H groups in total. The second-order valence-corrected chi connectivity index (χ2v) is 6.04. The molecule has 2 aromatic carbocycles. The summed E-state index contributed by atoms with van der Waals surface area (Å²) in [5, 5.41) is 15.2. The quantitative estimate of drug-likeness (QED) is 0.593. The first-order valence-electron chi connectivity index (χ1n) is 8.33. The van der Waals surface area contributed by atoms with Gasteiger partial charge in [-0.2, -0.15) is 0 Å². The van der Waals surface area contributed by atoms with Crippen LogP contribution in [-0.2, 0) is 0 Å². The normalized spacial score (nSPS) is 12.0. The molecule has 0 spiro atoms. The first-order valence-corrected chi connectivity index (χ1v) is 8.33. The zero-order valence-corrected chi connectivity index (χ0v) is 13.9. The van der Waals surface area contributed by atoms with Crippen LogP contribution in [0, 0.1) is 5.82 Å². The molecule has 0 aliphatic rings. The van der Waals surface area contributed by atoms with Gasteiger partial charge in [-0.15, -0.1) is 0 Å². The van der Waals surface area contributed by atoms with E-state index in [2.05, 4.69) is 15.3 Å². The van der Waals surface area contributed by atoms with E-state index in [1.807, 2.05) is 48.7 Å². The maximum Gasteiger partial charge on any atom is 0.272 e. The molecule has 4 nitrogen and oxygen atoms in total. The smallest absolute Gasteiger partial charge is 0.272 e. The fraction of sp³-hybridized carbons (Fsp3) is 0.0476. The zero-order chi connectivity index (χ0) is 17.9. The number of fused-ring (bicyclic) bond motifs is 1. The van der Waals surface area contributed by atoms with E-state index in [1.54, 1.807) is 18.3 Å². The molecule has 5 heteroatoms. The largest absolute Gasteiger partial charge is 0.502 e. The number of hydrogen-bond donors (Lipinski definition) is 2. The van der Waals surface area contributed by atoms with Gasteiger partial charge in [-0.3, -0.25) is 5.32 Å². The topological polar surface area (TPSA) is 60.5 Å². The van der Waals surface area contributed by atoms with Crippen LogP contribution in [0.4, 0.5) is 10.2 Å². The van der Waals surface area contributed by atoms with Crippen molar-refractivity contribution >= 4 is 16.7 Å². The SMILES string of the molecule is Oc1c(C(Nc2cccc[nH+]2)c2ccc(F)cc2)ccc2ccc[nH+]c12. The summed E-state index contributed by atoms with van der Waals surface area (Å²) >= 11 is 0. The number of phenolic OH excluding ortho intramolecular Hbond substituents is 1. The lowest BCUT2D eigenvalue weighted by Gasteiger charge is -2.16. The highest BCUT2D eigenvalue weighted by Crippen LogP contribution is 2.35. The van der Waals surface area contributed by atoms with E-state index in [0.29, 0.717) is 11.1 Å². The summed E-state index contributed by atoms with van der Waals surface area (Å²) in [5.41, 5.74) is 2.20. The summed E-state index contributed by atoms with van der Waals surface area (Å²) in [6.45, 7) is 0. The van der Waals surface area contributed by atoms with E-state index >= 15 is 0 Å². The summed E-state index contributed by atoms with van der Waals surface area (Å²) in [5.74, 6) is 0.661. The standard InChI is InChI=1S/C21H16FN3O/c22-16-9-6-15(7-10-16)19(25-18-5-1-2-12-23-18)17-11-8-14-4-3-13-24-20(14)21(17)26/h1-13,19,26H,(H,23,25)/p+2. The van der Waals surface area contributed by atoms with Crippen LogP contribution in [0.1, 0.15) is 17.2 Å². The molecular formula is C21H18FN3O+2. The highest BCUT2D eigenvalue weighted by Gasteiger charge is 2.25. The van der Waals surface area contributed by atoms with Crippen LogP contribution in [0.15, 0.2) is 79.1 Å². The third-order valence-corrected chi connectivity index (χ3v) is 4.36. The fourth-order valence-electron chi connectivity index (χ4n) is 3.06. The number of pyridine rings is 2. The molecule has 0 saturated heterocycles. The average Bonchev–Trinajstić information content (AvgIpc) is 2.69. The number of nitrogens with one attached hydrogen (secondary N) is 3. The minimum absolute atomic E-state index is 0.167. The molecule has 128 valence electrons. The van der Waals surface area contributed by atoms with Crippen LogP contribution >= 0.6 is 0 Å². The van der Waals surface area contributed by atoms with Gasteiger partial charge in [-0.05, 0) is 36.4 Å². The van der Waals surface area contributed by atoms with Gasteiger partial charge in [0.2, 0.25) is 0 Å². The minimum Gasteiger partial charge on any atom is -0.502 e. The lowest BCUT2D eigenvalue weighted by Crippen LogP contribution is -2.19. The van der Waals surface area contributed by atoms with Crippen LogP contribution in [0.2, 0.25) is 0 Å². The lowest BCUT2D eigenvalue weighted by molar-refractivity contribution is -0.361. The van der Waals surface area contributed by atoms with E-state index in [4.69, 9.17) is 0 Å². The lowest BCUT2D eigenvalue weighted by atomic mass is 9.96. The number of H-pyrrole nitrogens is 2. The van der Waals surface area contributed by atoms with Crippen molar-refractivity contribution in [1.29, 1.82) is 0 Å². The molecule has 0 bridgehead atoms. The Bertz CT molecular complexity index is 1040. The molecule has 4 rings (SSSR count). The Balaban J connectivity index is 1.84. The number of aromatic hydroxyl groups is 1. The van der Waals surface area contributed by atoms with Crippen LogP contribution in [-0.4, -0.2) is 5.11 Å². The van der Waals surface area contributed by atoms with Crippen molar-refractivity contribution in [2.24, 2.45) is 0 Å². The van der Waals surface area contributed by atoms with Crippen molar-refractivity contribution in [3.05, 3.63) is 96.1 Å². The van der Waals surface area contributed by atoms with E-state index < -0.39 is 0 Å². The highest BCUT2D eigenvalue weighted by molar-refractivity contribution is 5.83. The summed E-state index contributed by atoms with van der Waals surface area (Å²) in [7, 11) is 0. The molecule has 2 heterocycles. The molecule has 1 unspecified atom stereocenters. The highest BCUT2D eigenvalue weighted by atomic mass is 19.1. The number of aromatic nitrogens is 2. The van der Waals surface area contributed by atoms with Gasteiger partial charge in [-0.25, -0.2) is 14.4 Å². The summed E-state index contributed by atoms with van der Waals surface area (Å²) < 4.78 is 13.4. The first-order chi connectivity index (χ1) is 12.7. The van der Waals surface area contributed by atoms with Gasteiger partial charge < -0.3 is 5.11 Å². The van der Waals surface area contributed by atoms with Gasteiger partial charge in [0.25, 0.3) is 11.3 Å². The van der Waals surface area contributed by atoms with Crippen LogP contribution in [0.25, 0.3) is 10.9 Å². The zero-order valence-electron chi connectivity index (χ0n) is 13.9. The number of benzene rings is 2. The number of rotatable bonds is 4. The van der Waals surface area contributed by atoms with Gasteiger partial charge in [0.1, 0.15) is 11.9 Å². The fourth-order valence-corrected chi connectivity index (χ4v) is 3.06. The first kappa shape index (κ1) is 16.0. The summed E-state index contributed by atoms with van der Waals surface area (Å²) in [4.78, 5) is 6.22. The maximum atomic E-state index is 13.4. The molecule has 4 aromatic rings. The van der Waals surface area contributed by atoms with E-state index in [9.17, 15) is 9.50 Å². The molecule has 0 radical (unpaired) electrons. The number of hydrogen-bond acceptors (Lipinski definition) is 2. The molecule has 0 aliphatic heterocycles. The van der Waals surface area contributed by atoms with Crippen LogP contribution < -0.4 is 15.3 Å². The Hall–Kier alpha value is -3.47. The molecule has 0 saturated carbocycles. The number of phenols is 1.